The number of hydrogen-bond donors (Lipinski definition) is 9. The number of carbonyl (C=O) groups excluding carboxylic acids is 9. The standard InChI is InChI=1S/C61H98N10O14/c1-15-38(8)52(46(83-13)33-48(74)71-31-20-24-45(71)54(84-14)39(9)55(76)64-40(10)53(75)42-21-17-16-18-22-42)69(11)59(80)50(36(4)5)68-58(79)51(37(6)7)70(12)61(82)85-34-41-25-27-43(28-26-41)65-56(77)44(23-19-30-63-60(62)81)66-57(78)49(35(2)3)67-47(73)29-32-72/h16-18,21-22,25-28,35-40,44-46,49-54,72,75H,15,19-20,23-24,29-34H2,1-14H3,(H,64,76)(H,65,77)(H,66,78)(H,67,73)(H,68,79)(H3,62,63,81)/t38-,39+,40+,44-,45-,46+,49-,50-,51-,52-,53+,54+/m0/s1. The van der Waals surface area contributed by atoms with Gasteiger partial charge in [-0.05, 0) is 79.5 Å². The highest BCUT2D eigenvalue weighted by molar-refractivity contribution is 5.98. The van der Waals surface area contributed by atoms with E-state index in [-0.39, 0.29) is 62.5 Å². The number of benzene rings is 2. The number of anilines is 1. The fourth-order valence-electron chi connectivity index (χ4n) is 10.8. The summed E-state index contributed by atoms with van der Waals surface area (Å²) in [7, 11) is 6.08. The van der Waals surface area contributed by atoms with Crippen LogP contribution >= 0.6 is 0 Å². The first-order valence-electron chi connectivity index (χ1n) is 29.6. The summed E-state index contributed by atoms with van der Waals surface area (Å²) < 4.78 is 17.7. The molecule has 0 bridgehead atoms. The number of amides is 10. The van der Waals surface area contributed by atoms with Crippen LogP contribution in [0.5, 0.6) is 0 Å². The number of primary amides is 1. The van der Waals surface area contributed by atoms with Gasteiger partial charge in [-0.3, -0.25) is 38.5 Å². The molecule has 2 aromatic carbocycles. The summed E-state index contributed by atoms with van der Waals surface area (Å²) in [4.78, 5) is 126. The third kappa shape index (κ3) is 21.5. The lowest BCUT2D eigenvalue weighted by Crippen LogP contribution is -2.60. The maximum absolute atomic E-state index is 14.8. The van der Waals surface area contributed by atoms with Gasteiger partial charge in [0.05, 0.1) is 55.4 Å². The molecule has 0 aliphatic carbocycles. The van der Waals surface area contributed by atoms with Gasteiger partial charge in [0, 0.05) is 53.5 Å². The third-order valence-electron chi connectivity index (χ3n) is 15.9. The topological polar surface area (TPSA) is 330 Å². The molecule has 10 amide bonds. The number of nitrogens with two attached hydrogens (primary N) is 1. The molecule has 3 rings (SSSR count). The van der Waals surface area contributed by atoms with E-state index in [4.69, 9.17) is 19.9 Å². The summed E-state index contributed by atoms with van der Waals surface area (Å²) >= 11 is 0. The molecule has 1 aliphatic rings. The number of nitrogens with zero attached hydrogens (tertiary/aromatic N) is 3. The molecule has 0 spiro atoms. The van der Waals surface area contributed by atoms with E-state index in [0.717, 1.165) is 0 Å². The summed E-state index contributed by atoms with van der Waals surface area (Å²) in [6, 6.07) is 8.81. The second-order valence-corrected chi connectivity index (χ2v) is 23.3. The van der Waals surface area contributed by atoms with Gasteiger partial charge in [-0.2, -0.15) is 0 Å². The van der Waals surface area contributed by atoms with Crippen LogP contribution in [0.15, 0.2) is 54.6 Å². The zero-order valence-electron chi connectivity index (χ0n) is 52.3. The molecule has 1 aliphatic heterocycles. The van der Waals surface area contributed by atoms with E-state index in [1.807, 2.05) is 32.0 Å². The van der Waals surface area contributed by atoms with Crippen molar-refractivity contribution in [3.63, 3.8) is 0 Å². The van der Waals surface area contributed by atoms with Crippen molar-refractivity contribution in [2.45, 2.75) is 181 Å². The number of carbonyl (C=O) groups is 9. The molecular weight excluding hydrogens is 1100 g/mol. The Bertz CT molecular complexity index is 2490. The lowest BCUT2D eigenvalue weighted by Gasteiger charge is -2.41. The average molecular weight is 1200 g/mol. The highest BCUT2D eigenvalue weighted by Gasteiger charge is 2.44. The van der Waals surface area contributed by atoms with Crippen LogP contribution in [0.4, 0.5) is 15.3 Å². The van der Waals surface area contributed by atoms with Gasteiger partial charge < -0.3 is 71.9 Å². The molecular formula is C61H98N10O14. The molecule has 24 heteroatoms. The maximum Gasteiger partial charge on any atom is 0.410 e. The van der Waals surface area contributed by atoms with Crippen molar-refractivity contribution in [3.05, 3.63) is 65.7 Å². The molecule has 0 radical (unpaired) electrons. The summed E-state index contributed by atoms with van der Waals surface area (Å²) in [5.74, 6) is -5.36. The second-order valence-electron chi connectivity index (χ2n) is 23.3. The number of likely N-dealkylation sites (N-methyl/N-ethyl adjacent to an activating group) is 2. The number of aliphatic hydroxyl groups excluding tert-OH is 2. The molecule has 85 heavy (non-hydrogen) atoms. The monoisotopic (exact) mass is 1190 g/mol. The molecule has 0 aromatic heterocycles. The van der Waals surface area contributed by atoms with Gasteiger partial charge in [0.2, 0.25) is 41.4 Å². The van der Waals surface area contributed by atoms with E-state index in [0.29, 0.717) is 42.6 Å². The zero-order valence-corrected chi connectivity index (χ0v) is 52.3. The van der Waals surface area contributed by atoms with Gasteiger partial charge in [0.15, 0.2) is 0 Å². The van der Waals surface area contributed by atoms with Gasteiger partial charge in [-0.15, -0.1) is 0 Å². The van der Waals surface area contributed by atoms with Crippen molar-refractivity contribution < 1.29 is 67.6 Å². The summed E-state index contributed by atoms with van der Waals surface area (Å²) in [5, 5.41) is 36.5. The first-order chi connectivity index (χ1) is 40.1. The lowest BCUT2D eigenvalue weighted by molar-refractivity contribution is -0.148. The van der Waals surface area contributed by atoms with E-state index in [2.05, 4.69) is 31.9 Å². The number of methoxy groups -OCH3 is 2. The quantitative estimate of drug-likeness (QED) is 0.0448. The number of likely N-dealkylation sites (tertiary alicyclic amines) is 1. The number of rotatable bonds is 34. The van der Waals surface area contributed by atoms with Crippen molar-refractivity contribution >= 4 is 59.2 Å². The number of ether oxygens (including phenoxy) is 3. The predicted octanol–water partition coefficient (Wildman–Crippen LogP) is 3.97. The highest BCUT2D eigenvalue weighted by Crippen LogP contribution is 2.30. The molecule has 24 nitrogen and oxygen atoms in total. The van der Waals surface area contributed by atoms with Crippen molar-refractivity contribution in [2.24, 2.45) is 35.3 Å². The number of nitrogens with one attached hydrogen (secondary N) is 6. The highest BCUT2D eigenvalue weighted by atomic mass is 16.6. The fraction of sp³-hybridized carbons (Fsp3) is 0.656. The molecule has 0 unspecified atom stereocenters. The fourth-order valence-corrected chi connectivity index (χ4v) is 10.8. The van der Waals surface area contributed by atoms with Crippen molar-refractivity contribution in [3.8, 4) is 0 Å². The molecule has 476 valence electrons. The Hall–Kier alpha value is -6.89. The Morgan fingerprint density at radius 2 is 1.39 bits per heavy atom. The first kappa shape index (κ1) is 72.4. The summed E-state index contributed by atoms with van der Waals surface area (Å²) in [6.07, 6.45) is -1.21. The number of hydrogen-bond acceptors (Lipinski definition) is 14. The summed E-state index contributed by atoms with van der Waals surface area (Å²) in [5.41, 5.74) is 6.74. The van der Waals surface area contributed by atoms with E-state index in [9.17, 15) is 53.4 Å². The van der Waals surface area contributed by atoms with E-state index in [1.165, 1.54) is 26.2 Å². The van der Waals surface area contributed by atoms with Crippen molar-refractivity contribution in [1.82, 2.24) is 41.3 Å². The Labute approximate surface area is 502 Å². The van der Waals surface area contributed by atoms with E-state index in [1.54, 1.807) is 109 Å². The summed E-state index contributed by atoms with van der Waals surface area (Å²) in [6.45, 7) is 17.9. The molecule has 10 N–H and O–H groups in total. The Balaban J connectivity index is 1.71. The SMILES string of the molecule is CC[C@H](C)[C@@H]([C@@H](CC(=O)N1CCC[C@H]1[C@H](OC)[C@@H](C)C(=O)N[C@H](C)[C@@H](O)c1ccccc1)OC)N(C)C(=O)[C@@H](NC(=O)[C@H](C(C)C)N(C)C(=O)OCc1ccc(NC(=O)[C@H](CCCNC(N)=O)NC(=O)[C@@H](NC(=O)CCO)C(C)C)cc1)C(C)C. The van der Waals surface area contributed by atoms with Crippen LogP contribution in [0.25, 0.3) is 0 Å². The van der Waals surface area contributed by atoms with Crippen molar-refractivity contribution in [2.75, 3.05) is 53.3 Å². The molecule has 1 heterocycles. The minimum absolute atomic E-state index is 0.0863. The van der Waals surface area contributed by atoms with Crippen LogP contribution in [-0.4, -0.2) is 181 Å². The smallest absolute Gasteiger partial charge is 0.410 e. The predicted molar refractivity (Wildman–Crippen MR) is 321 cm³/mol. The average Bonchev–Trinajstić information content (AvgIpc) is 4.23. The van der Waals surface area contributed by atoms with Crippen LogP contribution < -0.4 is 37.6 Å². The van der Waals surface area contributed by atoms with Gasteiger partial charge in [-0.1, -0.05) is 111 Å². The minimum Gasteiger partial charge on any atom is -0.445 e. The van der Waals surface area contributed by atoms with Crippen molar-refractivity contribution in [1.29, 1.82) is 0 Å². The maximum atomic E-state index is 14.8. The van der Waals surface area contributed by atoms with Crippen LogP contribution in [-0.2, 0) is 54.4 Å². The lowest BCUT2D eigenvalue weighted by atomic mass is 9.89. The molecule has 2 aromatic rings. The van der Waals surface area contributed by atoms with Gasteiger partial charge in [-0.25, -0.2) is 9.59 Å². The largest absolute Gasteiger partial charge is 0.445 e. The van der Waals surface area contributed by atoms with Crippen LogP contribution in [0.2, 0.25) is 0 Å². The van der Waals surface area contributed by atoms with Gasteiger partial charge in [0.1, 0.15) is 30.8 Å². The minimum atomic E-state index is -1.09. The zero-order chi connectivity index (χ0) is 63.8. The Kier molecular flexibility index (Phi) is 30.3. The normalized spacial score (nSPS) is 17.2. The number of aliphatic hydroxyl groups is 2. The molecule has 0 saturated carbocycles. The van der Waals surface area contributed by atoms with E-state index >= 15 is 0 Å². The Morgan fingerprint density at radius 1 is 0.753 bits per heavy atom. The molecule has 1 fully saturated rings. The first-order valence-corrected chi connectivity index (χ1v) is 29.6. The van der Waals surface area contributed by atoms with E-state index < -0.39 is 127 Å². The van der Waals surface area contributed by atoms with Gasteiger partial charge >= 0.3 is 12.1 Å². The van der Waals surface area contributed by atoms with Gasteiger partial charge in [0.25, 0.3) is 0 Å². The molecule has 1 saturated heterocycles. The Morgan fingerprint density at radius 3 is 1.94 bits per heavy atom. The molecule has 12 atom stereocenters. The second kappa shape index (κ2) is 35.5. The van der Waals surface area contributed by atoms with Crippen LogP contribution in [0.1, 0.15) is 131 Å². The van der Waals surface area contributed by atoms with Crippen LogP contribution in [0.3, 0.4) is 0 Å². The third-order valence-corrected chi connectivity index (χ3v) is 15.9. The van der Waals surface area contributed by atoms with Crippen LogP contribution in [0, 0.1) is 29.6 Å². The number of urea groups is 1.